The predicted molar refractivity (Wildman–Crippen MR) is 158 cm³/mol. The first kappa shape index (κ1) is 25.5. The van der Waals surface area contributed by atoms with E-state index in [9.17, 15) is 4.79 Å². The lowest BCUT2D eigenvalue weighted by Gasteiger charge is -2.31. The smallest absolute Gasteiger partial charge is 0.322 e. The molecule has 0 fully saturated rings. The number of nitrogens with one attached hydrogen (secondary N) is 1. The van der Waals surface area contributed by atoms with Gasteiger partial charge in [-0.05, 0) is 85.5 Å². The molecule has 0 saturated heterocycles. The zero-order chi connectivity index (χ0) is 27.8. The Bertz CT molecular complexity index is 1650. The van der Waals surface area contributed by atoms with E-state index in [1.165, 1.54) is 0 Å². The predicted octanol–water partition coefficient (Wildman–Crippen LogP) is 6.99. The lowest BCUT2D eigenvalue weighted by atomic mass is 10.0. The van der Waals surface area contributed by atoms with E-state index in [2.05, 4.69) is 47.3 Å². The summed E-state index contributed by atoms with van der Waals surface area (Å²) in [6, 6.07) is 27.9. The summed E-state index contributed by atoms with van der Waals surface area (Å²) in [4.78, 5) is 16.1. The van der Waals surface area contributed by atoms with Crippen LogP contribution in [0.2, 0.25) is 0 Å². The summed E-state index contributed by atoms with van der Waals surface area (Å²) in [7, 11) is 1.66. The first-order chi connectivity index (χ1) is 19.5. The van der Waals surface area contributed by atoms with Crippen LogP contribution in [0.5, 0.6) is 5.75 Å². The fourth-order valence-corrected chi connectivity index (χ4v) is 5.73. The molecular weight excluding hydrogens is 498 g/mol. The third-order valence-corrected chi connectivity index (χ3v) is 7.47. The molecule has 3 aromatic carbocycles. The molecule has 1 N–H and O–H groups in total. The van der Waals surface area contributed by atoms with Crippen LogP contribution >= 0.6 is 0 Å². The average molecular weight is 532 g/mol. The number of fused-ring (bicyclic) bond motifs is 3. The molecule has 5 aromatic rings. The van der Waals surface area contributed by atoms with Crippen LogP contribution in [0.4, 0.5) is 10.5 Å². The van der Waals surface area contributed by atoms with E-state index < -0.39 is 0 Å². The molecule has 7 nitrogen and oxygen atoms in total. The van der Waals surface area contributed by atoms with E-state index in [0.29, 0.717) is 6.54 Å². The Morgan fingerprint density at radius 3 is 2.38 bits per heavy atom. The van der Waals surface area contributed by atoms with Crippen LogP contribution < -0.4 is 10.1 Å². The van der Waals surface area contributed by atoms with Gasteiger partial charge in [0.05, 0.1) is 36.8 Å². The molecule has 6 rings (SSSR count). The molecule has 1 atom stereocenters. The molecule has 1 aliphatic heterocycles. The maximum absolute atomic E-state index is 14.2. The highest BCUT2D eigenvalue weighted by molar-refractivity contribution is 5.90. The minimum Gasteiger partial charge on any atom is -0.497 e. The molecule has 0 aliphatic carbocycles. The number of amides is 2. The topological polar surface area (TPSA) is 64.3 Å². The van der Waals surface area contributed by atoms with Gasteiger partial charge in [-0.15, -0.1) is 0 Å². The second-order valence-corrected chi connectivity index (χ2v) is 10.3. The Balaban J connectivity index is 1.54. The van der Waals surface area contributed by atoms with E-state index in [1.807, 2.05) is 84.1 Å². The molecule has 2 aromatic heterocycles. The van der Waals surface area contributed by atoms with E-state index in [4.69, 9.17) is 9.84 Å². The second-order valence-electron chi connectivity index (χ2n) is 10.3. The van der Waals surface area contributed by atoms with Gasteiger partial charge >= 0.3 is 6.03 Å². The standard InChI is InChI=1S/C33H33N5O2/c1-5-29-28-21-37(33(39)34-25-19-22(2)18-23(3)20-25)31(24-13-15-27(40-4)16-14-24)30-12-9-17-36(30)32(28)38(35-29)26-10-7-6-8-11-26/h6-20,31H,5,21H2,1-4H3,(H,34,39)/t31-/m0/s1. The van der Waals surface area contributed by atoms with E-state index in [1.54, 1.807) is 7.11 Å². The summed E-state index contributed by atoms with van der Waals surface area (Å²) < 4.78 is 9.63. The number of carbonyl (C=O) groups excluding carboxylic acids is 1. The van der Waals surface area contributed by atoms with Crippen LogP contribution in [0, 0.1) is 13.8 Å². The van der Waals surface area contributed by atoms with Crippen LogP contribution in [0.3, 0.4) is 0 Å². The highest BCUT2D eigenvalue weighted by Gasteiger charge is 2.36. The van der Waals surface area contributed by atoms with Gasteiger partial charge < -0.3 is 19.5 Å². The molecular formula is C33H33N5O2. The van der Waals surface area contributed by atoms with Crippen molar-refractivity contribution in [3.8, 4) is 17.3 Å². The minimum absolute atomic E-state index is 0.166. The Kier molecular flexibility index (Phi) is 6.64. The zero-order valence-corrected chi connectivity index (χ0v) is 23.3. The quantitative estimate of drug-likeness (QED) is 0.266. The van der Waals surface area contributed by atoms with Gasteiger partial charge in [0.2, 0.25) is 0 Å². The van der Waals surface area contributed by atoms with Crippen molar-refractivity contribution in [1.82, 2.24) is 19.2 Å². The van der Waals surface area contributed by atoms with Crippen LogP contribution in [0.1, 0.15) is 46.6 Å². The monoisotopic (exact) mass is 531 g/mol. The molecule has 0 unspecified atom stereocenters. The number of hydrogen-bond acceptors (Lipinski definition) is 3. The number of anilines is 1. The summed E-state index contributed by atoms with van der Waals surface area (Å²) in [5, 5.41) is 8.24. The van der Waals surface area contributed by atoms with E-state index in [-0.39, 0.29) is 12.1 Å². The highest BCUT2D eigenvalue weighted by atomic mass is 16.5. The van der Waals surface area contributed by atoms with Crippen molar-refractivity contribution in [2.75, 3.05) is 12.4 Å². The van der Waals surface area contributed by atoms with Crippen LogP contribution in [-0.2, 0) is 13.0 Å². The molecule has 7 heteroatoms. The third-order valence-electron chi connectivity index (χ3n) is 7.47. The maximum atomic E-state index is 14.2. The Labute approximate surface area is 234 Å². The average Bonchev–Trinajstić information content (AvgIpc) is 3.54. The van der Waals surface area contributed by atoms with Crippen molar-refractivity contribution in [3.05, 3.63) is 125 Å². The number of benzene rings is 3. The summed E-state index contributed by atoms with van der Waals surface area (Å²) in [5.41, 5.74) is 7.96. The van der Waals surface area contributed by atoms with Gasteiger partial charge in [-0.1, -0.05) is 43.3 Å². The van der Waals surface area contributed by atoms with Crippen molar-refractivity contribution in [2.24, 2.45) is 0 Å². The first-order valence-corrected chi connectivity index (χ1v) is 13.6. The SMILES string of the molecule is CCc1nn(-c2ccccc2)c2c1CN(C(=O)Nc1cc(C)cc(C)c1)[C@@H](c1ccc(OC)cc1)c1cccn1-2. The number of para-hydroxylation sites is 1. The van der Waals surface area contributed by atoms with Crippen molar-refractivity contribution < 1.29 is 9.53 Å². The Morgan fingerprint density at radius 2 is 1.70 bits per heavy atom. The lowest BCUT2D eigenvalue weighted by Crippen LogP contribution is -2.38. The van der Waals surface area contributed by atoms with Crippen LogP contribution in [0.15, 0.2) is 91.1 Å². The lowest BCUT2D eigenvalue weighted by molar-refractivity contribution is 0.194. The fraction of sp³-hybridized carbons (Fsp3) is 0.212. The fourth-order valence-electron chi connectivity index (χ4n) is 5.73. The minimum atomic E-state index is -0.340. The maximum Gasteiger partial charge on any atom is 0.322 e. The zero-order valence-electron chi connectivity index (χ0n) is 23.3. The van der Waals surface area contributed by atoms with E-state index in [0.717, 1.165) is 63.0 Å². The molecule has 1 aliphatic rings. The summed E-state index contributed by atoms with van der Waals surface area (Å²) in [5.74, 6) is 1.73. The van der Waals surface area contributed by atoms with Gasteiger partial charge in [0.1, 0.15) is 11.6 Å². The van der Waals surface area contributed by atoms with Gasteiger partial charge in [-0.2, -0.15) is 5.10 Å². The molecule has 40 heavy (non-hydrogen) atoms. The van der Waals surface area contributed by atoms with Gasteiger partial charge in [0, 0.05) is 17.4 Å². The van der Waals surface area contributed by atoms with Crippen molar-refractivity contribution >= 4 is 11.7 Å². The number of aromatic nitrogens is 3. The van der Waals surface area contributed by atoms with Crippen molar-refractivity contribution in [2.45, 2.75) is 39.8 Å². The van der Waals surface area contributed by atoms with Gasteiger partial charge in [-0.3, -0.25) is 0 Å². The molecule has 3 heterocycles. The van der Waals surface area contributed by atoms with Crippen LogP contribution in [-0.4, -0.2) is 32.4 Å². The number of carbonyl (C=O) groups is 1. The highest BCUT2D eigenvalue weighted by Crippen LogP contribution is 2.39. The summed E-state index contributed by atoms with van der Waals surface area (Å²) >= 11 is 0. The number of nitrogens with zero attached hydrogens (tertiary/aromatic N) is 4. The molecule has 2 amide bonds. The van der Waals surface area contributed by atoms with Crippen molar-refractivity contribution in [3.63, 3.8) is 0 Å². The number of methoxy groups -OCH3 is 1. The number of urea groups is 1. The molecule has 202 valence electrons. The molecule has 0 spiro atoms. The van der Waals surface area contributed by atoms with Gasteiger partial charge in [0.25, 0.3) is 0 Å². The number of hydrogen-bond donors (Lipinski definition) is 1. The van der Waals surface area contributed by atoms with Gasteiger partial charge in [-0.25, -0.2) is 9.48 Å². The first-order valence-electron chi connectivity index (χ1n) is 13.6. The molecule has 0 saturated carbocycles. The summed E-state index contributed by atoms with van der Waals surface area (Å²) in [6.45, 7) is 6.60. The normalized spacial score (nSPS) is 14.3. The molecule has 0 bridgehead atoms. The number of rotatable bonds is 5. The molecule has 0 radical (unpaired) electrons. The van der Waals surface area contributed by atoms with Crippen molar-refractivity contribution in [1.29, 1.82) is 0 Å². The Hall–Kier alpha value is -4.78. The number of ether oxygens (including phenoxy) is 1. The summed E-state index contributed by atoms with van der Waals surface area (Å²) in [6.07, 6.45) is 2.81. The van der Waals surface area contributed by atoms with Crippen LogP contribution in [0.25, 0.3) is 11.5 Å². The van der Waals surface area contributed by atoms with E-state index >= 15 is 0 Å². The number of aryl methyl sites for hydroxylation is 3. The second kappa shape index (κ2) is 10.4. The third kappa shape index (κ3) is 4.53. The Morgan fingerprint density at radius 1 is 0.975 bits per heavy atom. The van der Waals surface area contributed by atoms with Gasteiger partial charge in [0.15, 0.2) is 0 Å². The largest absolute Gasteiger partial charge is 0.497 e.